The molecule has 3 aliphatic rings. The molecule has 3 rings (SSSR count). The molecule has 0 aromatic rings. The molecular weight excluding hydrogens is 405 g/mol. The van der Waals surface area contributed by atoms with E-state index in [1.807, 2.05) is 0 Å². The Hall–Kier alpha value is -0.0800. The van der Waals surface area contributed by atoms with E-state index in [1.165, 1.54) is 32.1 Å². The van der Waals surface area contributed by atoms with Gasteiger partial charge in [0.25, 0.3) is 0 Å². The molecule has 0 radical (unpaired) electrons. The Kier molecular flexibility index (Phi) is 7.41. The van der Waals surface area contributed by atoms with Gasteiger partial charge in [-0.2, -0.15) is 0 Å². The summed E-state index contributed by atoms with van der Waals surface area (Å²) in [5, 5.41) is 7.01. The number of aliphatic imine (C=N–C) groups is 1. The maximum absolute atomic E-state index is 5.93. The van der Waals surface area contributed by atoms with Gasteiger partial charge < -0.3 is 20.1 Å². The van der Waals surface area contributed by atoms with Crippen LogP contribution in [0.4, 0.5) is 0 Å². The highest BCUT2D eigenvalue weighted by molar-refractivity contribution is 14.0. The van der Waals surface area contributed by atoms with Gasteiger partial charge in [0.2, 0.25) is 0 Å². The van der Waals surface area contributed by atoms with Crippen molar-refractivity contribution in [2.75, 3.05) is 26.8 Å². The van der Waals surface area contributed by atoms with E-state index in [0.29, 0.717) is 23.7 Å². The molecule has 2 N–H and O–H groups in total. The van der Waals surface area contributed by atoms with Crippen LogP contribution in [0.3, 0.4) is 0 Å². The molecule has 5 nitrogen and oxygen atoms in total. The van der Waals surface area contributed by atoms with Gasteiger partial charge >= 0.3 is 0 Å². The van der Waals surface area contributed by atoms with Crippen LogP contribution in [0.15, 0.2) is 4.99 Å². The van der Waals surface area contributed by atoms with Crippen LogP contribution in [-0.2, 0) is 9.47 Å². The predicted octanol–water partition coefficient (Wildman–Crippen LogP) is 2.69. The standard InChI is InChI=1S/C17H31N3O2.HI/c1-3-18-16(20-14-11-13-5-6-15(14)22-13)19-12-17(7-4-8-17)9-10-21-2;/h13-15H,3-12H2,1-2H3,(H2,18,19,20);1H. The Morgan fingerprint density at radius 1 is 1.35 bits per heavy atom. The molecule has 23 heavy (non-hydrogen) atoms. The normalized spacial score (nSPS) is 31.4. The van der Waals surface area contributed by atoms with Crippen LogP contribution in [0.5, 0.6) is 0 Å². The van der Waals surface area contributed by atoms with Gasteiger partial charge in [0.1, 0.15) is 0 Å². The predicted molar refractivity (Wildman–Crippen MR) is 104 cm³/mol. The third kappa shape index (κ3) is 4.72. The van der Waals surface area contributed by atoms with Crippen LogP contribution in [0, 0.1) is 5.41 Å². The van der Waals surface area contributed by atoms with Crippen molar-refractivity contribution in [2.45, 2.75) is 70.1 Å². The maximum Gasteiger partial charge on any atom is 0.191 e. The number of rotatable bonds is 7. The van der Waals surface area contributed by atoms with Crippen molar-refractivity contribution in [2.24, 2.45) is 10.4 Å². The number of hydrogen-bond acceptors (Lipinski definition) is 3. The van der Waals surface area contributed by atoms with Gasteiger partial charge in [0, 0.05) is 26.8 Å². The van der Waals surface area contributed by atoms with Crippen LogP contribution in [0.25, 0.3) is 0 Å². The van der Waals surface area contributed by atoms with Crippen molar-refractivity contribution in [1.82, 2.24) is 10.6 Å². The summed E-state index contributed by atoms with van der Waals surface area (Å²) in [6, 6.07) is 0.438. The summed E-state index contributed by atoms with van der Waals surface area (Å²) in [6.45, 7) is 4.78. The highest BCUT2D eigenvalue weighted by atomic mass is 127. The molecule has 3 fully saturated rings. The first-order chi connectivity index (χ1) is 10.7. The molecule has 0 spiro atoms. The second-order valence-corrected chi connectivity index (χ2v) is 7.15. The minimum atomic E-state index is 0. The zero-order chi connectivity index (χ0) is 15.4. The van der Waals surface area contributed by atoms with E-state index >= 15 is 0 Å². The zero-order valence-electron chi connectivity index (χ0n) is 14.5. The lowest BCUT2D eigenvalue weighted by Crippen LogP contribution is -2.48. The van der Waals surface area contributed by atoms with Gasteiger partial charge in [-0.15, -0.1) is 24.0 Å². The van der Waals surface area contributed by atoms with Crippen LogP contribution in [0.1, 0.15) is 51.9 Å². The maximum atomic E-state index is 5.93. The van der Waals surface area contributed by atoms with E-state index in [2.05, 4.69) is 17.6 Å². The fourth-order valence-corrected chi connectivity index (χ4v) is 4.01. The second-order valence-electron chi connectivity index (χ2n) is 7.15. The van der Waals surface area contributed by atoms with Gasteiger partial charge in [-0.05, 0) is 50.9 Å². The van der Waals surface area contributed by atoms with Crippen molar-refractivity contribution in [3.63, 3.8) is 0 Å². The lowest BCUT2D eigenvalue weighted by Gasteiger charge is -2.41. The molecule has 2 aliphatic heterocycles. The molecule has 0 amide bonds. The second kappa shape index (κ2) is 8.85. The topological polar surface area (TPSA) is 54.9 Å². The quantitative estimate of drug-likeness (QED) is 0.366. The number of halogens is 1. The molecule has 1 aliphatic carbocycles. The number of nitrogens with one attached hydrogen (secondary N) is 2. The fraction of sp³-hybridized carbons (Fsp3) is 0.941. The fourth-order valence-electron chi connectivity index (χ4n) is 4.01. The van der Waals surface area contributed by atoms with Gasteiger partial charge in [0.05, 0.1) is 18.2 Å². The summed E-state index contributed by atoms with van der Waals surface area (Å²) < 4.78 is 11.2. The number of methoxy groups -OCH3 is 1. The minimum absolute atomic E-state index is 0. The van der Waals surface area contributed by atoms with E-state index in [1.54, 1.807) is 7.11 Å². The van der Waals surface area contributed by atoms with E-state index in [9.17, 15) is 0 Å². The van der Waals surface area contributed by atoms with Crippen LogP contribution < -0.4 is 10.6 Å². The molecule has 0 aromatic heterocycles. The van der Waals surface area contributed by atoms with E-state index < -0.39 is 0 Å². The molecule has 3 unspecified atom stereocenters. The smallest absolute Gasteiger partial charge is 0.191 e. The lowest BCUT2D eigenvalue weighted by molar-refractivity contribution is 0.0778. The Morgan fingerprint density at radius 2 is 2.17 bits per heavy atom. The van der Waals surface area contributed by atoms with Crippen molar-refractivity contribution in [1.29, 1.82) is 0 Å². The third-order valence-corrected chi connectivity index (χ3v) is 5.60. The van der Waals surface area contributed by atoms with Crippen molar-refractivity contribution < 1.29 is 9.47 Å². The van der Waals surface area contributed by atoms with Crippen molar-refractivity contribution >= 4 is 29.9 Å². The highest BCUT2D eigenvalue weighted by Crippen LogP contribution is 2.44. The van der Waals surface area contributed by atoms with Gasteiger partial charge in [0.15, 0.2) is 5.96 Å². The molecule has 6 heteroatoms. The first-order valence-corrected chi connectivity index (χ1v) is 8.94. The monoisotopic (exact) mass is 437 g/mol. The lowest BCUT2D eigenvalue weighted by atomic mass is 9.67. The molecule has 2 heterocycles. The first-order valence-electron chi connectivity index (χ1n) is 8.94. The molecule has 0 aromatic carbocycles. The molecule has 1 saturated carbocycles. The number of hydrogen-bond donors (Lipinski definition) is 2. The number of guanidine groups is 1. The average Bonchev–Trinajstić information content (AvgIpc) is 3.08. The van der Waals surface area contributed by atoms with Crippen molar-refractivity contribution in [3.05, 3.63) is 0 Å². The Bertz CT molecular complexity index is 401. The summed E-state index contributed by atoms with van der Waals surface area (Å²) in [5.41, 5.74) is 0.379. The van der Waals surface area contributed by atoms with E-state index in [0.717, 1.165) is 38.5 Å². The summed E-state index contributed by atoms with van der Waals surface area (Å²) in [6.07, 6.45) is 9.46. The molecular formula is C17H32IN3O2. The minimum Gasteiger partial charge on any atom is -0.385 e. The molecule has 134 valence electrons. The Morgan fingerprint density at radius 3 is 2.70 bits per heavy atom. The van der Waals surface area contributed by atoms with Crippen LogP contribution >= 0.6 is 24.0 Å². The molecule has 2 bridgehead atoms. The Balaban J connectivity index is 0.00000192. The zero-order valence-corrected chi connectivity index (χ0v) is 16.8. The number of ether oxygens (including phenoxy) is 2. The molecule has 2 saturated heterocycles. The summed E-state index contributed by atoms with van der Waals surface area (Å²) in [4.78, 5) is 4.89. The molecule has 3 atom stereocenters. The van der Waals surface area contributed by atoms with Crippen molar-refractivity contribution in [3.8, 4) is 0 Å². The van der Waals surface area contributed by atoms with Gasteiger partial charge in [-0.25, -0.2) is 0 Å². The average molecular weight is 437 g/mol. The van der Waals surface area contributed by atoms with Gasteiger partial charge in [-0.1, -0.05) is 6.42 Å². The first kappa shape index (κ1) is 19.2. The number of fused-ring (bicyclic) bond motifs is 2. The summed E-state index contributed by atoms with van der Waals surface area (Å²) >= 11 is 0. The van der Waals surface area contributed by atoms with Crippen LogP contribution in [0.2, 0.25) is 0 Å². The van der Waals surface area contributed by atoms with E-state index in [4.69, 9.17) is 14.5 Å². The van der Waals surface area contributed by atoms with Gasteiger partial charge in [-0.3, -0.25) is 4.99 Å². The SMILES string of the molecule is CCNC(=NCC1(CCOC)CCC1)NC1CC2CCC1O2.I. The highest BCUT2D eigenvalue weighted by Gasteiger charge is 2.41. The number of nitrogens with zero attached hydrogens (tertiary/aromatic N) is 1. The summed E-state index contributed by atoms with van der Waals surface area (Å²) in [7, 11) is 1.79. The third-order valence-electron chi connectivity index (χ3n) is 5.60. The van der Waals surface area contributed by atoms with E-state index in [-0.39, 0.29) is 24.0 Å². The Labute approximate surface area is 157 Å². The largest absolute Gasteiger partial charge is 0.385 e. The van der Waals surface area contributed by atoms with Crippen LogP contribution in [-0.4, -0.2) is 51.0 Å². The summed E-state index contributed by atoms with van der Waals surface area (Å²) in [5.74, 6) is 0.965.